The van der Waals surface area contributed by atoms with Crippen molar-refractivity contribution >= 4 is 11.3 Å². The second-order valence-corrected chi connectivity index (χ2v) is 4.97. The van der Waals surface area contributed by atoms with Gasteiger partial charge in [-0.15, -0.1) is 5.73 Å². The third-order valence-electron chi connectivity index (χ3n) is 3.58. The van der Waals surface area contributed by atoms with E-state index in [1.54, 1.807) is 7.11 Å². The van der Waals surface area contributed by atoms with Crippen molar-refractivity contribution in [2.24, 2.45) is 0 Å². The SMILES string of the molecule is COc1c(C)cnc2c1=C=CC=CC=2c1ccc(C#N)cc1. The van der Waals surface area contributed by atoms with Crippen LogP contribution in [0.25, 0.3) is 11.3 Å². The number of rotatable bonds is 2. The molecular weight excluding hydrogens is 272 g/mol. The maximum atomic E-state index is 8.93. The highest BCUT2D eigenvalue weighted by Crippen LogP contribution is 2.15. The van der Waals surface area contributed by atoms with E-state index in [2.05, 4.69) is 16.8 Å². The Balaban J connectivity index is 2.37. The number of allylic oxidation sites excluding steroid dienone is 3. The monoisotopic (exact) mass is 286 g/mol. The second kappa shape index (κ2) is 5.73. The minimum atomic E-state index is 0.640. The van der Waals surface area contributed by atoms with Gasteiger partial charge in [0.15, 0.2) is 0 Å². The van der Waals surface area contributed by atoms with Crippen LogP contribution < -0.4 is 15.3 Å². The van der Waals surface area contributed by atoms with E-state index in [1.807, 2.05) is 55.6 Å². The number of benzene rings is 1. The third-order valence-corrected chi connectivity index (χ3v) is 3.58. The molecule has 0 saturated carbocycles. The first-order valence-electron chi connectivity index (χ1n) is 6.92. The first kappa shape index (κ1) is 13.9. The summed E-state index contributed by atoms with van der Waals surface area (Å²) >= 11 is 0. The number of nitriles is 1. The fraction of sp³-hybridized carbons (Fsp3) is 0.105. The minimum absolute atomic E-state index is 0.640. The number of hydrogen-bond acceptors (Lipinski definition) is 3. The first-order chi connectivity index (χ1) is 10.7. The molecule has 2 aromatic rings. The number of ether oxygens (including phenoxy) is 1. The summed E-state index contributed by atoms with van der Waals surface area (Å²) in [6, 6.07) is 9.61. The van der Waals surface area contributed by atoms with Crippen molar-refractivity contribution in [3.63, 3.8) is 0 Å². The molecule has 1 aromatic heterocycles. The largest absolute Gasteiger partial charge is 0.495 e. The van der Waals surface area contributed by atoms with Crippen molar-refractivity contribution in [3.05, 3.63) is 75.9 Å². The zero-order valence-corrected chi connectivity index (χ0v) is 12.4. The molecule has 0 N–H and O–H groups in total. The van der Waals surface area contributed by atoms with Gasteiger partial charge < -0.3 is 4.74 Å². The Hall–Kier alpha value is -3.08. The number of aryl methyl sites for hydroxylation is 1. The van der Waals surface area contributed by atoms with Gasteiger partial charge in [0.05, 0.1) is 29.3 Å². The van der Waals surface area contributed by atoms with E-state index in [9.17, 15) is 0 Å². The molecule has 3 heteroatoms. The average Bonchev–Trinajstić information content (AvgIpc) is 2.77. The first-order valence-corrected chi connectivity index (χ1v) is 6.92. The molecule has 1 aliphatic rings. The molecule has 0 fully saturated rings. The van der Waals surface area contributed by atoms with Crippen molar-refractivity contribution < 1.29 is 4.74 Å². The molecule has 3 rings (SSSR count). The van der Waals surface area contributed by atoms with Gasteiger partial charge in [-0.25, -0.2) is 0 Å². The van der Waals surface area contributed by atoms with Crippen LogP contribution in [0.4, 0.5) is 0 Å². The highest BCUT2D eigenvalue weighted by atomic mass is 16.5. The van der Waals surface area contributed by atoms with Crippen LogP contribution >= 0.6 is 0 Å². The molecule has 0 atom stereocenters. The lowest BCUT2D eigenvalue weighted by atomic mass is 10.0. The molecule has 22 heavy (non-hydrogen) atoms. The van der Waals surface area contributed by atoms with Gasteiger partial charge >= 0.3 is 0 Å². The number of nitrogens with zero attached hydrogens (tertiary/aromatic N) is 2. The summed E-state index contributed by atoms with van der Waals surface area (Å²) in [6.45, 7) is 1.97. The van der Waals surface area contributed by atoms with Gasteiger partial charge in [-0.2, -0.15) is 5.26 Å². The number of methoxy groups -OCH3 is 1. The van der Waals surface area contributed by atoms with E-state index in [4.69, 9.17) is 10.00 Å². The lowest BCUT2D eigenvalue weighted by molar-refractivity contribution is 0.407. The summed E-state index contributed by atoms with van der Waals surface area (Å²) in [4.78, 5) is 4.57. The Labute approximate surface area is 128 Å². The summed E-state index contributed by atoms with van der Waals surface area (Å²) < 4.78 is 5.51. The number of fused-ring (bicyclic) bond motifs is 1. The molecule has 0 spiro atoms. The van der Waals surface area contributed by atoms with Gasteiger partial charge in [0.1, 0.15) is 5.75 Å². The van der Waals surface area contributed by atoms with E-state index >= 15 is 0 Å². The van der Waals surface area contributed by atoms with Crippen LogP contribution in [0.2, 0.25) is 0 Å². The van der Waals surface area contributed by atoms with Crippen molar-refractivity contribution in [3.8, 4) is 11.8 Å². The van der Waals surface area contributed by atoms with Crippen molar-refractivity contribution in [2.75, 3.05) is 7.11 Å². The summed E-state index contributed by atoms with van der Waals surface area (Å²) in [7, 11) is 1.66. The van der Waals surface area contributed by atoms with Crippen molar-refractivity contribution in [1.82, 2.24) is 4.98 Å². The maximum Gasteiger partial charge on any atom is 0.140 e. The van der Waals surface area contributed by atoms with Crippen LogP contribution in [0.1, 0.15) is 16.7 Å². The highest BCUT2D eigenvalue weighted by Gasteiger charge is 2.08. The molecule has 1 aliphatic carbocycles. The number of hydrogen-bond donors (Lipinski definition) is 0. The van der Waals surface area contributed by atoms with Gasteiger partial charge in [-0.1, -0.05) is 24.3 Å². The molecule has 0 amide bonds. The van der Waals surface area contributed by atoms with Gasteiger partial charge in [-0.3, -0.25) is 4.98 Å². The highest BCUT2D eigenvalue weighted by molar-refractivity contribution is 5.75. The lowest BCUT2D eigenvalue weighted by Gasteiger charge is -2.07. The summed E-state index contributed by atoms with van der Waals surface area (Å²) in [5, 5.41) is 10.6. The smallest absolute Gasteiger partial charge is 0.140 e. The zero-order chi connectivity index (χ0) is 15.5. The maximum absolute atomic E-state index is 8.93. The normalized spacial score (nSPS) is 12.1. The van der Waals surface area contributed by atoms with E-state index < -0.39 is 0 Å². The van der Waals surface area contributed by atoms with E-state index in [-0.39, 0.29) is 0 Å². The van der Waals surface area contributed by atoms with E-state index in [0.29, 0.717) is 5.56 Å². The van der Waals surface area contributed by atoms with Crippen LogP contribution in [-0.4, -0.2) is 12.1 Å². The molecule has 0 radical (unpaired) electrons. The predicted molar refractivity (Wildman–Crippen MR) is 85.6 cm³/mol. The zero-order valence-electron chi connectivity index (χ0n) is 12.4. The second-order valence-electron chi connectivity index (χ2n) is 4.97. The quantitative estimate of drug-likeness (QED) is 0.848. The predicted octanol–water partition coefficient (Wildman–Crippen LogP) is 1.97. The lowest BCUT2D eigenvalue weighted by Crippen LogP contribution is -2.31. The molecule has 1 heterocycles. The Bertz CT molecular complexity index is 954. The Morgan fingerprint density at radius 3 is 2.68 bits per heavy atom. The Kier molecular flexibility index (Phi) is 3.62. The Morgan fingerprint density at radius 2 is 2.00 bits per heavy atom. The molecule has 0 unspecified atom stereocenters. The molecule has 0 bridgehead atoms. The summed E-state index contributed by atoms with van der Waals surface area (Å²) in [5.41, 5.74) is 6.84. The summed E-state index contributed by atoms with van der Waals surface area (Å²) in [6.07, 6.45) is 7.60. The fourth-order valence-corrected chi connectivity index (χ4v) is 2.50. The number of aromatic nitrogens is 1. The topological polar surface area (TPSA) is 45.9 Å². The van der Waals surface area contributed by atoms with E-state index in [1.165, 1.54) is 0 Å². The standard InChI is InChI=1S/C19H14N2O/c1-13-12-21-18-16(15-9-7-14(11-20)8-10-15)5-3-4-6-17(18)19(13)22-2/h3-5,7-10,12H,1-2H3. The van der Waals surface area contributed by atoms with Gasteiger partial charge in [0, 0.05) is 17.3 Å². The average molecular weight is 286 g/mol. The van der Waals surface area contributed by atoms with Crippen LogP contribution in [0.15, 0.2) is 48.7 Å². The third kappa shape index (κ3) is 2.33. The fourth-order valence-electron chi connectivity index (χ4n) is 2.50. The molecule has 1 aromatic carbocycles. The molecular formula is C19H14N2O. The van der Waals surface area contributed by atoms with Gasteiger partial charge in [0.2, 0.25) is 0 Å². The van der Waals surface area contributed by atoms with Gasteiger partial charge in [-0.05, 0) is 30.7 Å². The minimum Gasteiger partial charge on any atom is -0.495 e. The molecule has 0 aliphatic heterocycles. The molecule has 0 saturated heterocycles. The number of pyridine rings is 1. The van der Waals surface area contributed by atoms with Crippen LogP contribution in [0.5, 0.6) is 5.75 Å². The van der Waals surface area contributed by atoms with Gasteiger partial charge in [0.25, 0.3) is 0 Å². The molecule has 106 valence electrons. The van der Waals surface area contributed by atoms with Crippen LogP contribution in [-0.2, 0) is 0 Å². The van der Waals surface area contributed by atoms with E-state index in [0.717, 1.165) is 33.0 Å². The van der Waals surface area contributed by atoms with Crippen LogP contribution in [0.3, 0.4) is 0 Å². The Morgan fingerprint density at radius 1 is 1.23 bits per heavy atom. The van der Waals surface area contributed by atoms with Crippen LogP contribution in [0, 0.1) is 18.3 Å². The molecule has 3 nitrogen and oxygen atoms in total. The van der Waals surface area contributed by atoms with Crippen molar-refractivity contribution in [2.45, 2.75) is 6.92 Å². The summed E-state index contributed by atoms with van der Waals surface area (Å²) in [5.74, 6) is 0.788. The van der Waals surface area contributed by atoms with Crippen molar-refractivity contribution in [1.29, 1.82) is 5.26 Å².